The first-order valence-electron chi connectivity index (χ1n) is 9.37. The molecule has 1 spiro atoms. The summed E-state index contributed by atoms with van der Waals surface area (Å²) in [6.45, 7) is 10.8. The first-order chi connectivity index (χ1) is 9.91. The minimum Gasteiger partial charge on any atom is -0.329 e. The predicted molar refractivity (Wildman–Crippen MR) is 90.3 cm³/mol. The van der Waals surface area contributed by atoms with Crippen LogP contribution in [0.25, 0.3) is 0 Å². The molecule has 1 heterocycles. The van der Waals surface area contributed by atoms with Gasteiger partial charge in [-0.1, -0.05) is 33.6 Å². The standard InChI is InChI=1S/C19H36N2/c1-16-14-17(2,3)8-9-19(16,15-20)21-12-10-18(11-13-21)6-4-5-7-18/h16H,4-15,20H2,1-3H3. The van der Waals surface area contributed by atoms with Crippen molar-refractivity contribution in [2.75, 3.05) is 19.6 Å². The molecule has 0 aromatic carbocycles. The summed E-state index contributed by atoms with van der Waals surface area (Å²) in [7, 11) is 0. The van der Waals surface area contributed by atoms with Crippen LogP contribution in [0.1, 0.15) is 78.6 Å². The van der Waals surface area contributed by atoms with Crippen LogP contribution in [0.5, 0.6) is 0 Å². The van der Waals surface area contributed by atoms with Gasteiger partial charge in [-0.3, -0.25) is 4.90 Å². The van der Waals surface area contributed by atoms with Crippen LogP contribution in [-0.2, 0) is 0 Å². The molecule has 2 aliphatic carbocycles. The molecule has 0 amide bonds. The summed E-state index contributed by atoms with van der Waals surface area (Å²) in [5, 5.41) is 0. The molecule has 3 aliphatic rings. The van der Waals surface area contributed by atoms with Crippen molar-refractivity contribution in [2.45, 2.75) is 84.1 Å². The molecule has 2 nitrogen and oxygen atoms in total. The maximum absolute atomic E-state index is 6.35. The van der Waals surface area contributed by atoms with E-state index in [9.17, 15) is 0 Å². The number of likely N-dealkylation sites (tertiary alicyclic amines) is 1. The lowest BCUT2D eigenvalue weighted by Crippen LogP contribution is -2.63. The third-order valence-electron chi connectivity index (χ3n) is 7.48. The molecule has 1 saturated heterocycles. The average molecular weight is 293 g/mol. The molecule has 0 aromatic rings. The van der Waals surface area contributed by atoms with E-state index in [2.05, 4.69) is 25.7 Å². The number of nitrogens with two attached hydrogens (primary N) is 1. The van der Waals surface area contributed by atoms with Crippen molar-refractivity contribution >= 4 is 0 Å². The zero-order valence-corrected chi connectivity index (χ0v) is 14.6. The molecule has 3 rings (SSSR count). The molecule has 2 atom stereocenters. The molecule has 2 unspecified atom stereocenters. The van der Waals surface area contributed by atoms with E-state index in [0.29, 0.717) is 11.0 Å². The monoisotopic (exact) mass is 292 g/mol. The molecule has 1 aliphatic heterocycles. The lowest BCUT2D eigenvalue weighted by atomic mass is 9.62. The molecule has 0 aromatic heterocycles. The highest BCUT2D eigenvalue weighted by Crippen LogP contribution is 2.51. The van der Waals surface area contributed by atoms with E-state index in [1.807, 2.05) is 0 Å². The Hall–Kier alpha value is -0.0800. The summed E-state index contributed by atoms with van der Waals surface area (Å²) in [6, 6.07) is 0. The van der Waals surface area contributed by atoms with E-state index in [4.69, 9.17) is 5.73 Å². The van der Waals surface area contributed by atoms with Gasteiger partial charge < -0.3 is 5.73 Å². The molecular weight excluding hydrogens is 256 g/mol. The van der Waals surface area contributed by atoms with Crippen LogP contribution in [0, 0.1) is 16.7 Å². The highest BCUT2D eigenvalue weighted by atomic mass is 15.2. The summed E-state index contributed by atoms with van der Waals surface area (Å²) in [5.41, 5.74) is 7.89. The predicted octanol–water partition coefficient (Wildman–Crippen LogP) is 4.19. The first-order valence-corrected chi connectivity index (χ1v) is 9.37. The average Bonchev–Trinajstić information content (AvgIpc) is 2.89. The number of rotatable bonds is 2. The minimum absolute atomic E-state index is 0.301. The fourth-order valence-electron chi connectivity index (χ4n) is 5.88. The first kappa shape index (κ1) is 15.8. The van der Waals surface area contributed by atoms with Gasteiger partial charge in [-0.25, -0.2) is 0 Å². The molecule has 0 radical (unpaired) electrons. The summed E-state index contributed by atoms with van der Waals surface area (Å²) in [5.74, 6) is 0.740. The van der Waals surface area contributed by atoms with Gasteiger partial charge in [0.1, 0.15) is 0 Å². The second-order valence-corrected chi connectivity index (χ2v) is 9.27. The molecule has 3 fully saturated rings. The van der Waals surface area contributed by atoms with Gasteiger partial charge in [-0.15, -0.1) is 0 Å². The molecule has 21 heavy (non-hydrogen) atoms. The number of hydrogen-bond donors (Lipinski definition) is 1. The Labute approximate surface area is 131 Å². The van der Waals surface area contributed by atoms with Crippen molar-refractivity contribution in [3.63, 3.8) is 0 Å². The van der Waals surface area contributed by atoms with E-state index < -0.39 is 0 Å². The van der Waals surface area contributed by atoms with Crippen molar-refractivity contribution < 1.29 is 0 Å². The Kier molecular flexibility index (Phi) is 4.16. The van der Waals surface area contributed by atoms with Gasteiger partial charge in [-0.2, -0.15) is 0 Å². The lowest BCUT2D eigenvalue weighted by molar-refractivity contribution is -0.0520. The number of piperidine rings is 1. The van der Waals surface area contributed by atoms with Crippen molar-refractivity contribution in [2.24, 2.45) is 22.5 Å². The lowest BCUT2D eigenvalue weighted by Gasteiger charge is -2.56. The van der Waals surface area contributed by atoms with Crippen LogP contribution in [-0.4, -0.2) is 30.1 Å². The summed E-state index contributed by atoms with van der Waals surface area (Å²) >= 11 is 0. The number of nitrogens with zero attached hydrogens (tertiary/aromatic N) is 1. The van der Waals surface area contributed by atoms with Crippen LogP contribution < -0.4 is 5.73 Å². The molecular formula is C19H36N2. The van der Waals surface area contributed by atoms with Crippen LogP contribution in [0.15, 0.2) is 0 Å². The quantitative estimate of drug-likeness (QED) is 0.827. The van der Waals surface area contributed by atoms with E-state index in [0.717, 1.165) is 17.9 Å². The molecule has 2 N–H and O–H groups in total. The minimum atomic E-state index is 0.301. The molecule has 2 heteroatoms. The second-order valence-electron chi connectivity index (χ2n) is 9.27. The van der Waals surface area contributed by atoms with E-state index in [-0.39, 0.29) is 0 Å². The normalized spacial score (nSPS) is 39.7. The molecule has 2 saturated carbocycles. The van der Waals surface area contributed by atoms with E-state index in [1.165, 1.54) is 70.9 Å². The zero-order chi connectivity index (χ0) is 15.1. The third kappa shape index (κ3) is 2.79. The van der Waals surface area contributed by atoms with Gasteiger partial charge in [-0.05, 0) is 74.8 Å². The van der Waals surface area contributed by atoms with Crippen molar-refractivity contribution in [1.29, 1.82) is 0 Å². The highest BCUT2D eigenvalue weighted by molar-refractivity contribution is 5.04. The van der Waals surface area contributed by atoms with Crippen molar-refractivity contribution in [3.05, 3.63) is 0 Å². The van der Waals surface area contributed by atoms with Crippen LogP contribution in [0.2, 0.25) is 0 Å². The van der Waals surface area contributed by atoms with Crippen LogP contribution in [0.3, 0.4) is 0 Å². The Morgan fingerprint density at radius 1 is 0.952 bits per heavy atom. The second kappa shape index (κ2) is 5.53. The summed E-state index contributed by atoms with van der Waals surface area (Å²) in [4.78, 5) is 2.82. The Morgan fingerprint density at radius 2 is 1.57 bits per heavy atom. The molecule has 0 bridgehead atoms. The zero-order valence-electron chi connectivity index (χ0n) is 14.6. The molecule has 122 valence electrons. The van der Waals surface area contributed by atoms with Gasteiger partial charge in [0, 0.05) is 12.1 Å². The number of hydrogen-bond acceptors (Lipinski definition) is 2. The van der Waals surface area contributed by atoms with Crippen LogP contribution in [0.4, 0.5) is 0 Å². The SMILES string of the molecule is CC1CC(C)(C)CCC1(CN)N1CCC2(CCCC2)CC1. The smallest absolute Gasteiger partial charge is 0.0357 e. The Bertz CT molecular complexity index is 360. The van der Waals surface area contributed by atoms with Gasteiger partial charge in [0.05, 0.1) is 0 Å². The maximum atomic E-state index is 6.35. The fraction of sp³-hybridized carbons (Fsp3) is 1.00. The summed E-state index contributed by atoms with van der Waals surface area (Å²) in [6.07, 6.45) is 12.8. The Balaban J connectivity index is 1.70. The van der Waals surface area contributed by atoms with Gasteiger partial charge in [0.2, 0.25) is 0 Å². The van der Waals surface area contributed by atoms with Crippen molar-refractivity contribution in [1.82, 2.24) is 4.90 Å². The van der Waals surface area contributed by atoms with Crippen LogP contribution >= 0.6 is 0 Å². The largest absolute Gasteiger partial charge is 0.329 e. The highest BCUT2D eigenvalue weighted by Gasteiger charge is 2.49. The maximum Gasteiger partial charge on any atom is 0.0357 e. The Morgan fingerprint density at radius 3 is 2.10 bits per heavy atom. The van der Waals surface area contributed by atoms with E-state index >= 15 is 0 Å². The third-order valence-corrected chi connectivity index (χ3v) is 7.48. The van der Waals surface area contributed by atoms with Crippen molar-refractivity contribution in [3.8, 4) is 0 Å². The summed E-state index contributed by atoms with van der Waals surface area (Å²) < 4.78 is 0. The van der Waals surface area contributed by atoms with Gasteiger partial charge >= 0.3 is 0 Å². The topological polar surface area (TPSA) is 29.3 Å². The van der Waals surface area contributed by atoms with Gasteiger partial charge in [0.25, 0.3) is 0 Å². The fourth-order valence-corrected chi connectivity index (χ4v) is 5.88. The van der Waals surface area contributed by atoms with Gasteiger partial charge in [0.15, 0.2) is 0 Å². The van der Waals surface area contributed by atoms with E-state index in [1.54, 1.807) is 0 Å².